The maximum absolute atomic E-state index is 11.5. The summed E-state index contributed by atoms with van der Waals surface area (Å²) in [5.41, 5.74) is 2.51. The Hall–Kier alpha value is -1.34. The van der Waals surface area contributed by atoms with Crippen molar-refractivity contribution in [3.05, 3.63) is 21.7 Å². The molecule has 82 valence electrons. The molecule has 0 fully saturated rings. The fourth-order valence-corrected chi connectivity index (χ4v) is 1.74. The van der Waals surface area contributed by atoms with Crippen molar-refractivity contribution in [3.63, 3.8) is 0 Å². The standard InChI is InChI=1S/C8H11N3O3S/c1-4-5(6(12)11-14-2)7(15-3)10-8(13)9-4/h1-3H3,(H,11,12)(H,9,10,13). The number of H-pyrrole nitrogens is 1. The number of hydroxylamine groups is 1. The molecule has 1 aromatic heterocycles. The molecule has 0 radical (unpaired) electrons. The molecule has 0 bridgehead atoms. The van der Waals surface area contributed by atoms with Gasteiger partial charge in [0.2, 0.25) is 0 Å². The Morgan fingerprint density at radius 1 is 1.60 bits per heavy atom. The van der Waals surface area contributed by atoms with Gasteiger partial charge < -0.3 is 4.98 Å². The molecular weight excluding hydrogens is 218 g/mol. The van der Waals surface area contributed by atoms with Crippen LogP contribution in [-0.2, 0) is 4.84 Å². The highest BCUT2D eigenvalue weighted by Crippen LogP contribution is 2.17. The fourth-order valence-electron chi connectivity index (χ4n) is 1.12. The van der Waals surface area contributed by atoms with Gasteiger partial charge in [0, 0.05) is 5.69 Å². The molecule has 1 amide bonds. The van der Waals surface area contributed by atoms with Gasteiger partial charge in [0.05, 0.1) is 12.7 Å². The summed E-state index contributed by atoms with van der Waals surface area (Å²) in [6.45, 7) is 1.63. The maximum atomic E-state index is 11.5. The minimum absolute atomic E-state index is 0.323. The second-order valence-corrected chi connectivity index (χ2v) is 3.48. The molecule has 0 saturated heterocycles. The smallest absolute Gasteiger partial charge is 0.309 e. The Balaban J connectivity index is 3.26. The molecule has 7 heteroatoms. The first-order valence-electron chi connectivity index (χ1n) is 4.08. The maximum Gasteiger partial charge on any atom is 0.346 e. The Morgan fingerprint density at radius 3 is 2.80 bits per heavy atom. The summed E-state index contributed by atoms with van der Waals surface area (Å²) in [4.78, 5) is 33.3. The van der Waals surface area contributed by atoms with Gasteiger partial charge >= 0.3 is 5.69 Å². The van der Waals surface area contributed by atoms with Gasteiger partial charge in [-0.25, -0.2) is 10.3 Å². The van der Waals surface area contributed by atoms with Crippen molar-refractivity contribution in [3.8, 4) is 0 Å². The van der Waals surface area contributed by atoms with Crippen molar-refractivity contribution < 1.29 is 9.63 Å². The highest BCUT2D eigenvalue weighted by Gasteiger charge is 2.16. The van der Waals surface area contributed by atoms with E-state index in [0.29, 0.717) is 16.3 Å². The SMILES string of the molecule is CONC(=O)c1c(SC)nc(=O)[nH]c1C. The van der Waals surface area contributed by atoms with Crippen LogP contribution in [0.3, 0.4) is 0 Å². The number of aromatic nitrogens is 2. The van der Waals surface area contributed by atoms with Crippen molar-refractivity contribution in [2.24, 2.45) is 0 Å². The molecule has 0 aliphatic heterocycles. The fraction of sp³-hybridized carbons (Fsp3) is 0.375. The van der Waals surface area contributed by atoms with Gasteiger partial charge in [-0.2, -0.15) is 4.98 Å². The van der Waals surface area contributed by atoms with E-state index in [2.05, 4.69) is 20.3 Å². The quantitative estimate of drug-likeness (QED) is 0.436. The van der Waals surface area contributed by atoms with Crippen molar-refractivity contribution in [1.82, 2.24) is 15.4 Å². The Bertz CT molecular complexity index is 430. The van der Waals surface area contributed by atoms with E-state index in [0.717, 1.165) is 0 Å². The van der Waals surface area contributed by atoms with Gasteiger partial charge in [-0.1, -0.05) is 0 Å². The first kappa shape index (κ1) is 11.7. The molecule has 0 aliphatic rings. The minimum Gasteiger partial charge on any atom is -0.309 e. The molecule has 1 rings (SSSR count). The number of thioether (sulfide) groups is 1. The van der Waals surface area contributed by atoms with Gasteiger partial charge in [-0.05, 0) is 13.2 Å². The molecule has 0 aromatic carbocycles. The number of nitrogens with one attached hydrogen (secondary N) is 2. The number of carbonyl (C=O) groups is 1. The zero-order chi connectivity index (χ0) is 11.4. The van der Waals surface area contributed by atoms with Crippen LogP contribution in [0.4, 0.5) is 0 Å². The van der Waals surface area contributed by atoms with E-state index in [9.17, 15) is 9.59 Å². The third kappa shape index (κ3) is 2.57. The van der Waals surface area contributed by atoms with Crippen LogP contribution in [0, 0.1) is 6.92 Å². The molecule has 2 N–H and O–H groups in total. The van der Waals surface area contributed by atoms with Crippen LogP contribution >= 0.6 is 11.8 Å². The van der Waals surface area contributed by atoms with Gasteiger partial charge in [0.15, 0.2) is 0 Å². The number of carbonyl (C=O) groups excluding carboxylic acids is 1. The van der Waals surface area contributed by atoms with Crippen LogP contribution in [0.1, 0.15) is 16.1 Å². The first-order chi connectivity index (χ1) is 7.10. The van der Waals surface area contributed by atoms with Crippen LogP contribution < -0.4 is 11.2 Å². The topological polar surface area (TPSA) is 84.1 Å². The van der Waals surface area contributed by atoms with Crippen molar-refractivity contribution >= 4 is 17.7 Å². The van der Waals surface area contributed by atoms with Crippen LogP contribution in [0.25, 0.3) is 0 Å². The van der Waals surface area contributed by atoms with E-state index in [1.807, 2.05) is 0 Å². The zero-order valence-electron chi connectivity index (χ0n) is 8.58. The average Bonchev–Trinajstić information content (AvgIpc) is 2.16. The Labute approximate surface area is 90.4 Å². The van der Waals surface area contributed by atoms with Crippen LogP contribution in [0.15, 0.2) is 9.82 Å². The number of hydrogen-bond acceptors (Lipinski definition) is 5. The second kappa shape index (κ2) is 4.94. The van der Waals surface area contributed by atoms with E-state index in [-0.39, 0.29) is 0 Å². The molecule has 0 spiro atoms. The molecule has 6 nitrogen and oxygen atoms in total. The van der Waals surface area contributed by atoms with Crippen molar-refractivity contribution in [2.45, 2.75) is 11.9 Å². The number of aromatic amines is 1. The summed E-state index contributed by atoms with van der Waals surface area (Å²) in [5.74, 6) is -0.428. The third-order valence-electron chi connectivity index (χ3n) is 1.70. The number of rotatable bonds is 3. The summed E-state index contributed by atoms with van der Waals surface area (Å²) in [6.07, 6.45) is 1.74. The number of hydrogen-bond donors (Lipinski definition) is 2. The minimum atomic E-state index is -0.467. The molecule has 1 heterocycles. The summed E-state index contributed by atoms with van der Waals surface area (Å²) >= 11 is 1.23. The van der Waals surface area contributed by atoms with Gasteiger partial charge in [-0.15, -0.1) is 11.8 Å². The normalized spacial score (nSPS) is 10.1. The predicted octanol–water partition coefficient (Wildman–Crippen LogP) is 0.0914. The molecule has 0 atom stereocenters. The molecule has 0 aliphatic carbocycles. The molecule has 1 aromatic rings. The highest BCUT2D eigenvalue weighted by atomic mass is 32.2. The largest absolute Gasteiger partial charge is 0.346 e. The lowest BCUT2D eigenvalue weighted by Crippen LogP contribution is -2.27. The van der Waals surface area contributed by atoms with Crippen LogP contribution in [0.2, 0.25) is 0 Å². The lowest BCUT2D eigenvalue weighted by molar-refractivity contribution is 0.0532. The van der Waals surface area contributed by atoms with Crippen molar-refractivity contribution in [1.29, 1.82) is 0 Å². The number of aryl methyl sites for hydroxylation is 1. The summed E-state index contributed by atoms with van der Waals surface area (Å²) in [5, 5.41) is 0.380. The van der Waals surface area contributed by atoms with E-state index < -0.39 is 11.6 Å². The molecular formula is C8H11N3O3S. The number of nitrogens with zero attached hydrogens (tertiary/aromatic N) is 1. The first-order valence-corrected chi connectivity index (χ1v) is 5.30. The third-order valence-corrected chi connectivity index (χ3v) is 2.38. The highest BCUT2D eigenvalue weighted by molar-refractivity contribution is 7.98. The number of amides is 1. The summed E-state index contributed by atoms with van der Waals surface area (Å²) in [6, 6.07) is 0. The van der Waals surface area contributed by atoms with E-state index in [4.69, 9.17) is 0 Å². The lowest BCUT2D eigenvalue weighted by Gasteiger charge is -2.08. The lowest BCUT2D eigenvalue weighted by atomic mass is 10.2. The average molecular weight is 229 g/mol. The molecule has 0 unspecified atom stereocenters. The predicted molar refractivity (Wildman–Crippen MR) is 55.9 cm³/mol. The Kier molecular flexibility index (Phi) is 3.87. The van der Waals surface area contributed by atoms with Gasteiger partial charge in [0.25, 0.3) is 5.91 Å². The monoisotopic (exact) mass is 229 g/mol. The molecule has 0 saturated carbocycles. The second-order valence-electron chi connectivity index (χ2n) is 2.69. The van der Waals surface area contributed by atoms with Gasteiger partial charge in [0.1, 0.15) is 5.03 Å². The van der Waals surface area contributed by atoms with Crippen LogP contribution in [0.5, 0.6) is 0 Å². The van der Waals surface area contributed by atoms with E-state index in [1.165, 1.54) is 18.9 Å². The zero-order valence-corrected chi connectivity index (χ0v) is 9.40. The Morgan fingerprint density at radius 2 is 2.27 bits per heavy atom. The van der Waals surface area contributed by atoms with Gasteiger partial charge in [-0.3, -0.25) is 9.63 Å². The van der Waals surface area contributed by atoms with Crippen LogP contribution in [-0.4, -0.2) is 29.2 Å². The van der Waals surface area contributed by atoms with E-state index in [1.54, 1.807) is 13.2 Å². The molecule has 15 heavy (non-hydrogen) atoms. The summed E-state index contributed by atoms with van der Waals surface area (Å²) in [7, 11) is 1.34. The van der Waals surface area contributed by atoms with E-state index >= 15 is 0 Å². The van der Waals surface area contributed by atoms with Crippen molar-refractivity contribution in [2.75, 3.05) is 13.4 Å². The summed E-state index contributed by atoms with van der Waals surface area (Å²) < 4.78 is 0.